The van der Waals surface area contributed by atoms with Crippen LogP contribution in [0.4, 0.5) is 10.1 Å². The Morgan fingerprint density at radius 3 is 2.62 bits per heavy atom. The molecule has 1 unspecified atom stereocenters. The first-order valence-corrected chi connectivity index (χ1v) is 6.89. The second-order valence-electron chi connectivity index (χ2n) is 5.03. The molecule has 0 bridgehead atoms. The molecule has 4 heteroatoms. The summed E-state index contributed by atoms with van der Waals surface area (Å²) in [4.78, 5) is 10.9. The number of hydrogen-bond donors (Lipinski definition) is 2. The minimum atomic E-state index is -1.06. The summed E-state index contributed by atoms with van der Waals surface area (Å²) in [7, 11) is 0. The van der Waals surface area contributed by atoms with Gasteiger partial charge in [-0.25, -0.2) is 9.18 Å². The summed E-state index contributed by atoms with van der Waals surface area (Å²) in [6.07, 6.45) is 0.834. The summed E-state index contributed by atoms with van der Waals surface area (Å²) < 4.78 is 13.6. The van der Waals surface area contributed by atoms with Gasteiger partial charge >= 0.3 is 5.97 Å². The van der Waals surface area contributed by atoms with Gasteiger partial charge in [-0.2, -0.15) is 0 Å². The Hall–Kier alpha value is -2.36. The van der Waals surface area contributed by atoms with Crippen LogP contribution in [0.2, 0.25) is 0 Å². The number of aromatic carboxylic acids is 1. The molecule has 110 valence electrons. The molecule has 3 nitrogen and oxygen atoms in total. The third-order valence-corrected chi connectivity index (χ3v) is 3.47. The van der Waals surface area contributed by atoms with Crippen LogP contribution in [0.25, 0.3) is 0 Å². The monoisotopic (exact) mass is 287 g/mol. The van der Waals surface area contributed by atoms with Crippen LogP contribution >= 0.6 is 0 Å². The predicted octanol–water partition coefficient (Wildman–Crippen LogP) is 4.13. The zero-order valence-electron chi connectivity index (χ0n) is 11.8. The Kier molecular flexibility index (Phi) is 4.93. The molecule has 0 fully saturated rings. The first-order valence-electron chi connectivity index (χ1n) is 6.89. The van der Waals surface area contributed by atoms with E-state index in [1.807, 2.05) is 18.2 Å². The van der Waals surface area contributed by atoms with Crippen LogP contribution in [-0.2, 0) is 0 Å². The number of rotatable bonds is 6. The lowest BCUT2D eigenvalue weighted by Crippen LogP contribution is -2.08. The van der Waals surface area contributed by atoms with Gasteiger partial charge in [-0.1, -0.05) is 37.3 Å². The molecule has 0 saturated carbocycles. The van der Waals surface area contributed by atoms with Crippen LogP contribution in [0.1, 0.15) is 35.2 Å². The Bertz CT molecular complexity index is 613. The predicted molar refractivity (Wildman–Crippen MR) is 81.3 cm³/mol. The van der Waals surface area contributed by atoms with Crippen molar-refractivity contribution in [2.24, 2.45) is 0 Å². The molecule has 0 aromatic heterocycles. The standard InChI is InChI=1S/C17H18FNO2/c1-12(13-5-3-2-4-6-13)9-10-19-16-11-14(17(20)21)7-8-15(16)18/h2-8,11-12,19H,9-10H2,1H3,(H,20,21). The average Bonchev–Trinajstić information content (AvgIpc) is 2.49. The molecule has 0 aliphatic carbocycles. The number of hydrogen-bond acceptors (Lipinski definition) is 2. The molecular formula is C17H18FNO2. The van der Waals surface area contributed by atoms with Crippen LogP contribution < -0.4 is 5.32 Å². The van der Waals surface area contributed by atoms with Crippen molar-refractivity contribution in [2.75, 3.05) is 11.9 Å². The number of benzene rings is 2. The summed E-state index contributed by atoms with van der Waals surface area (Å²) in [5.74, 6) is -1.15. The minimum Gasteiger partial charge on any atom is -0.478 e. The topological polar surface area (TPSA) is 49.3 Å². The van der Waals surface area contributed by atoms with Crippen LogP contribution in [0, 0.1) is 5.82 Å². The van der Waals surface area contributed by atoms with Gasteiger partial charge in [0.15, 0.2) is 0 Å². The Morgan fingerprint density at radius 2 is 1.95 bits per heavy atom. The summed E-state index contributed by atoms with van der Waals surface area (Å²) in [6, 6.07) is 13.9. The summed E-state index contributed by atoms with van der Waals surface area (Å²) in [5.41, 5.74) is 1.55. The van der Waals surface area contributed by atoms with Crippen LogP contribution in [-0.4, -0.2) is 17.6 Å². The number of carboxylic acid groups (broad SMARTS) is 1. The molecule has 2 N–H and O–H groups in total. The molecule has 0 heterocycles. The van der Waals surface area contributed by atoms with E-state index in [4.69, 9.17) is 5.11 Å². The normalized spacial score (nSPS) is 11.9. The minimum absolute atomic E-state index is 0.0787. The maximum atomic E-state index is 13.6. The van der Waals surface area contributed by atoms with Crippen LogP contribution in [0.3, 0.4) is 0 Å². The molecule has 21 heavy (non-hydrogen) atoms. The molecule has 0 saturated heterocycles. The van der Waals surface area contributed by atoms with Crippen molar-refractivity contribution < 1.29 is 14.3 Å². The average molecular weight is 287 g/mol. The number of nitrogens with one attached hydrogen (secondary N) is 1. The number of anilines is 1. The van der Waals surface area contributed by atoms with E-state index in [1.54, 1.807) is 0 Å². The maximum Gasteiger partial charge on any atom is 0.335 e. The van der Waals surface area contributed by atoms with E-state index in [9.17, 15) is 9.18 Å². The molecule has 2 aromatic carbocycles. The third-order valence-electron chi connectivity index (χ3n) is 3.47. The van der Waals surface area contributed by atoms with Crippen molar-refractivity contribution in [1.82, 2.24) is 0 Å². The van der Waals surface area contributed by atoms with Gasteiger partial charge in [0.1, 0.15) is 5.82 Å². The van der Waals surface area contributed by atoms with Gasteiger partial charge in [0.2, 0.25) is 0 Å². The molecule has 2 rings (SSSR count). The first-order chi connectivity index (χ1) is 10.1. The summed E-state index contributed by atoms with van der Waals surface area (Å²) in [6.45, 7) is 2.69. The van der Waals surface area contributed by atoms with E-state index in [2.05, 4.69) is 24.4 Å². The van der Waals surface area contributed by atoms with Crippen LogP contribution in [0.5, 0.6) is 0 Å². The lowest BCUT2D eigenvalue weighted by molar-refractivity contribution is 0.0697. The lowest BCUT2D eigenvalue weighted by atomic mass is 9.98. The van der Waals surface area contributed by atoms with E-state index in [0.29, 0.717) is 12.5 Å². The first kappa shape index (κ1) is 15.0. The molecule has 0 amide bonds. The van der Waals surface area contributed by atoms with E-state index in [0.717, 1.165) is 6.42 Å². The molecule has 0 aliphatic heterocycles. The summed E-state index contributed by atoms with van der Waals surface area (Å²) in [5, 5.41) is 11.9. The molecule has 0 spiro atoms. The second-order valence-corrected chi connectivity index (χ2v) is 5.03. The Labute approximate surface area is 123 Å². The highest BCUT2D eigenvalue weighted by atomic mass is 19.1. The highest BCUT2D eigenvalue weighted by Crippen LogP contribution is 2.20. The number of carboxylic acids is 1. The quantitative estimate of drug-likeness (QED) is 0.840. The zero-order valence-corrected chi connectivity index (χ0v) is 11.8. The fraction of sp³-hybridized carbons (Fsp3) is 0.235. The molecular weight excluding hydrogens is 269 g/mol. The van der Waals surface area contributed by atoms with Gasteiger partial charge in [0, 0.05) is 6.54 Å². The zero-order chi connectivity index (χ0) is 15.2. The third kappa shape index (κ3) is 4.05. The second kappa shape index (κ2) is 6.88. The fourth-order valence-corrected chi connectivity index (χ4v) is 2.17. The molecule has 1 atom stereocenters. The van der Waals surface area contributed by atoms with Crippen molar-refractivity contribution >= 4 is 11.7 Å². The highest BCUT2D eigenvalue weighted by molar-refractivity contribution is 5.88. The molecule has 0 radical (unpaired) electrons. The van der Waals surface area contributed by atoms with Crippen molar-refractivity contribution in [3.63, 3.8) is 0 Å². The highest BCUT2D eigenvalue weighted by Gasteiger charge is 2.09. The van der Waals surface area contributed by atoms with Gasteiger partial charge in [0.05, 0.1) is 11.3 Å². The van der Waals surface area contributed by atoms with Crippen molar-refractivity contribution in [3.05, 3.63) is 65.5 Å². The van der Waals surface area contributed by atoms with Gasteiger partial charge in [-0.3, -0.25) is 0 Å². The maximum absolute atomic E-state index is 13.6. The van der Waals surface area contributed by atoms with Gasteiger partial charge < -0.3 is 10.4 Å². The lowest BCUT2D eigenvalue weighted by Gasteiger charge is -2.13. The van der Waals surface area contributed by atoms with E-state index < -0.39 is 11.8 Å². The fourth-order valence-electron chi connectivity index (χ4n) is 2.17. The van der Waals surface area contributed by atoms with E-state index in [1.165, 1.54) is 23.8 Å². The van der Waals surface area contributed by atoms with Gasteiger partial charge in [-0.05, 0) is 36.1 Å². The Balaban J connectivity index is 1.94. The van der Waals surface area contributed by atoms with E-state index >= 15 is 0 Å². The number of halogens is 1. The van der Waals surface area contributed by atoms with E-state index in [-0.39, 0.29) is 11.3 Å². The Morgan fingerprint density at radius 1 is 1.24 bits per heavy atom. The van der Waals surface area contributed by atoms with Gasteiger partial charge in [-0.15, -0.1) is 0 Å². The largest absolute Gasteiger partial charge is 0.478 e. The molecule has 2 aromatic rings. The van der Waals surface area contributed by atoms with Crippen molar-refractivity contribution in [3.8, 4) is 0 Å². The smallest absolute Gasteiger partial charge is 0.335 e. The number of carbonyl (C=O) groups is 1. The van der Waals surface area contributed by atoms with Crippen molar-refractivity contribution in [2.45, 2.75) is 19.3 Å². The summed E-state index contributed by atoms with van der Waals surface area (Å²) >= 11 is 0. The SMILES string of the molecule is CC(CCNc1cc(C(=O)O)ccc1F)c1ccccc1. The van der Waals surface area contributed by atoms with Crippen LogP contribution in [0.15, 0.2) is 48.5 Å². The molecule has 0 aliphatic rings. The van der Waals surface area contributed by atoms with Crippen molar-refractivity contribution in [1.29, 1.82) is 0 Å². The van der Waals surface area contributed by atoms with Gasteiger partial charge in [0.25, 0.3) is 0 Å².